The molecule has 0 aliphatic heterocycles. The number of benzene rings is 2. The largest absolute Gasteiger partial charge is 0.469 e. The molecule has 2 aromatic carbocycles. The Kier molecular flexibility index (Phi) is 9.87. The van der Waals surface area contributed by atoms with Crippen molar-refractivity contribution in [1.82, 2.24) is 20.7 Å². The second-order valence-corrected chi connectivity index (χ2v) is 13.5. The fraction of sp³-hybridized carbons (Fsp3) is 0.475. The van der Waals surface area contributed by atoms with Crippen LogP contribution in [0.25, 0.3) is 11.3 Å². The van der Waals surface area contributed by atoms with Gasteiger partial charge < -0.3 is 19.9 Å². The average Bonchev–Trinajstić information content (AvgIpc) is 3.16. The van der Waals surface area contributed by atoms with Gasteiger partial charge in [-0.1, -0.05) is 102 Å². The number of carbonyl (C=O) groups excluding carboxylic acids is 4. The van der Waals surface area contributed by atoms with Crippen molar-refractivity contribution in [3.63, 3.8) is 0 Å². The molecule has 51 heavy (non-hydrogen) atoms. The third kappa shape index (κ3) is 12.9. The van der Waals surface area contributed by atoms with E-state index in [2.05, 4.69) is 25.2 Å². The number of hydrazine groups is 1. The van der Waals surface area contributed by atoms with Gasteiger partial charge in [-0.05, 0) is 46.4 Å². The molecule has 4 atom stereocenters. The van der Waals surface area contributed by atoms with Crippen molar-refractivity contribution in [1.29, 1.82) is 0 Å². The van der Waals surface area contributed by atoms with E-state index in [1.54, 1.807) is 87.6 Å². The van der Waals surface area contributed by atoms with Crippen LogP contribution in [0.15, 0.2) is 79.0 Å². The maximum Gasteiger partial charge on any atom is 0.407 e. The van der Waals surface area contributed by atoms with Crippen molar-refractivity contribution in [2.75, 3.05) is 20.7 Å². The lowest BCUT2D eigenvalue weighted by atomic mass is 9.78. The third-order valence-electron chi connectivity index (χ3n) is 8.27. The minimum Gasteiger partial charge on any atom is -0.469 e. The number of aromatic nitrogens is 1. The molecule has 3 aromatic rings. The van der Waals surface area contributed by atoms with E-state index in [4.69, 9.17) is 12.3 Å². The van der Waals surface area contributed by atoms with Crippen LogP contribution in [0.4, 0.5) is 4.79 Å². The van der Waals surface area contributed by atoms with Gasteiger partial charge in [-0.2, -0.15) is 0 Å². The Hall–Kier alpha value is -4.61. The Bertz CT molecular complexity index is 1960. The topological polar surface area (TPSA) is 147 Å². The van der Waals surface area contributed by atoms with Gasteiger partial charge in [0.25, 0.3) is 0 Å². The quantitative estimate of drug-likeness (QED) is 0.125. The van der Waals surface area contributed by atoms with Crippen LogP contribution in [-0.4, -0.2) is 71.7 Å². The predicted octanol–water partition coefficient (Wildman–Crippen LogP) is 5.76. The first-order valence-electron chi connectivity index (χ1n) is 21.8. The standard InChI is InChI=1S/C40H54N4O7/c1-39(2,3)31(24-35(47)50-7)37(48)43-44(25-28-17-19-29(20-18-28)32-16-12-13-21-41-32)26-34(46)30(22-27-14-10-9-11-15-27)23-33(45)36(40(4,5)6)42-38(49)51-8/h9-21,30-31,34,36,46H,22-26H2,1-8H3,(H,42,49)(H,43,48)/t30-,31-,34+,36-/m1/s1/i4D3,5D3,7D3,25D2. The lowest BCUT2D eigenvalue weighted by molar-refractivity contribution is -0.148. The first-order valence-corrected chi connectivity index (χ1v) is 16.3. The molecule has 0 spiro atoms. The maximum absolute atomic E-state index is 14.3. The van der Waals surface area contributed by atoms with Crippen LogP contribution in [0.1, 0.15) is 80.4 Å². The summed E-state index contributed by atoms with van der Waals surface area (Å²) in [4.78, 5) is 58.1. The number of Topliss-reactive ketones (excluding diaryl/α,β-unsaturated/α-hetero) is 1. The highest BCUT2D eigenvalue weighted by molar-refractivity contribution is 5.88. The number of nitrogens with zero attached hydrogens (tertiary/aromatic N) is 2. The Morgan fingerprint density at radius 2 is 1.59 bits per heavy atom. The molecule has 0 saturated heterocycles. The molecule has 1 heterocycles. The fourth-order valence-corrected chi connectivity index (χ4v) is 5.43. The number of rotatable bonds is 16. The number of nitrogens with one attached hydrogen (secondary N) is 2. The van der Waals surface area contributed by atoms with Gasteiger partial charge >= 0.3 is 12.1 Å². The van der Waals surface area contributed by atoms with Crippen LogP contribution in [0.3, 0.4) is 0 Å². The lowest BCUT2D eigenvalue weighted by Gasteiger charge is -2.35. The van der Waals surface area contributed by atoms with E-state index >= 15 is 0 Å². The van der Waals surface area contributed by atoms with Gasteiger partial charge in [-0.25, -0.2) is 9.80 Å². The van der Waals surface area contributed by atoms with Gasteiger partial charge in [0.15, 0.2) is 5.78 Å². The summed E-state index contributed by atoms with van der Waals surface area (Å²) in [5.41, 5.74) is 0.323. The Labute approximate surface area is 317 Å². The molecule has 1 aromatic heterocycles. The van der Waals surface area contributed by atoms with E-state index in [1.165, 1.54) is 12.1 Å². The highest BCUT2D eigenvalue weighted by Gasteiger charge is 2.37. The number of aliphatic hydroxyl groups excluding tert-OH is 1. The highest BCUT2D eigenvalue weighted by atomic mass is 16.5. The summed E-state index contributed by atoms with van der Waals surface area (Å²) in [5.74, 6) is -5.85. The minimum atomic E-state index is -3.35. The number of pyridine rings is 1. The molecular weight excluding hydrogens is 648 g/mol. The zero-order valence-corrected chi connectivity index (χ0v) is 29.4. The molecule has 0 bridgehead atoms. The smallest absolute Gasteiger partial charge is 0.407 e. The van der Waals surface area contributed by atoms with Gasteiger partial charge in [0.1, 0.15) is 0 Å². The highest BCUT2D eigenvalue weighted by Crippen LogP contribution is 2.30. The fourth-order valence-electron chi connectivity index (χ4n) is 5.43. The molecule has 276 valence electrons. The van der Waals surface area contributed by atoms with Crippen LogP contribution >= 0.6 is 0 Å². The first-order chi connectivity index (χ1) is 28.4. The molecular formula is C40H54N4O7. The summed E-state index contributed by atoms with van der Waals surface area (Å²) in [6, 6.07) is 17.5. The summed E-state index contributed by atoms with van der Waals surface area (Å²) in [7, 11) is -2.17. The Morgan fingerprint density at radius 1 is 0.902 bits per heavy atom. The van der Waals surface area contributed by atoms with Gasteiger partial charge in [0.2, 0.25) is 5.91 Å². The van der Waals surface area contributed by atoms with E-state index in [0.29, 0.717) is 16.8 Å². The van der Waals surface area contributed by atoms with Crippen molar-refractivity contribution < 1.29 is 48.8 Å². The second kappa shape index (κ2) is 18.6. The third-order valence-corrected chi connectivity index (χ3v) is 8.27. The number of carbonyl (C=O) groups is 4. The molecule has 0 fully saturated rings. The summed E-state index contributed by atoms with van der Waals surface area (Å²) in [6.07, 6.45) is -3.08. The molecule has 2 amide bonds. The van der Waals surface area contributed by atoms with Crippen LogP contribution in [0.5, 0.6) is 0 Å². The number of esters is 1. The summed E-state index contributed by atoms with van der Waals surface area (Å²) in [6.45, 7) is -4.54. The zero-order valence-electron chi connectivity index (χ0n) is 40.4. The number of ketones is 1. The number of hydrogen-bond donors (Lipinski definition) is 3. The molecule has 11 heteroatoms. The summed E-state index contributed by atoms with van der Waals surface area (Å²) in [5, 5.41) is 15.0. The van der Waals surface area contributed by atoms with Gasteiger partial charge in [0.05, 0.1) is 51.2 Å². The van der Waals surface area contributed by atoms with Crippen molar-refractivity contribution in [2.45, 2.75) is 79.3 Å². The predicted molar refractivity (Wildman–Crippen MR) is 196 cm³/mol. The molecule has 11 nitrogen and oxygen atoms in total. The zero-order chi connectivity index (χ0) is 47.1. The number of methoxy groups -OCH3 is 2. The van der Waals surface area contributed by atoms with Gasteiger partial charge in [-0.15, -0.1) is 0 Å². The average molecular weight is 714 g/mol. The first kappa shape index (κ1) is 27.1. The van der Waals surface area contributed by atoms with E-state index in [-0.39, 0.29) is 12.0 Å². The van der Waals surface area contributed by atoms with Crippen LogP contribution < -0.4 is 10.7 Å². The van der Waals surface area contributed by atoms with Crippen molar-refractivity contribution in [3.05, 3.63) is 90.1 Å². The number of ether oxygens (including phenoxy) is 2. The number of alkyl carbamates (subject to hydrolysis) is 1. The SMILES string of the molecule is [2H]C([2H])([2H])OC(=O)C[C@H](C(=O)NN(C[C@H](O)[C@@H](CC(=O)[C@@H](NC(=O)OC)C(C)(C([2H])([2H])[2H])C([2H])([2H])[2H])Cc1ccccc1)C([2H])([2H])c1ccc(-c2ccccn2)cc1)C(C)(C)C. The molecule has 0 saturated carbocycles. The Morgan fingerprint density at radius 3 is 2.18 bits per heavy atom. The van der Waals surface area contributed by atoms with Gasteiger partial charge in [-0.3, -0.25) is 24.8 Å². The lowest BCUT2D eigenvalue weighted by Crippen LogP contribution is -2.52. The normalized spacial score (nSPS) is 18.4. The van der Waals surface area contributed by atoms with Crippen LogP contribution in [0.2, 0.25) is 0 Å². The summed E-state index contributed by atoms with van der Waals surface area (Å²) < 4.78 is 98.9. The van der Waals surface area contributed by atoms with E-state index < -0.39 is 105 Å². The maximum atomic E-state index is 14.3. The Balaban J connectivity index is 2.17. The monoisotopic (exact) mass is 713 g/mol. The van der Waals surface area contributed by atoms with Crippen LogP contribution in [0, 0.1) is 22.7 Å². The number of aliphatic hydroxyl groups is 1. The van der Waals surface area contributed by atoms with E-state index in [9.17, 15) is 27.0 Å². The van der Waals surface area contributed by atoms with Crippen molar-refractivity contribution >= 4 is 23.8 Å². The van der Waals surface area contributed by atoms with E-state index in [0.717, 1.165) is 19.0 Å². The molecule has 3 N–H and O–H groups in total. The summed E-state index contributed by atoms with van der Waals surface area (Å²) >= 11 is 0. The van der Waals surface area contributed by atoms with Crippen molar-refractivity contribution in [2.24, 2.45) is 22.7 Å². The molecule has 0 aliphatic rings. The van der Waals surface area contributed by atoms with E-state index in [1.807, 2.05) is 0 Å². The number of hydrogen-bond acceptors (Lipinski definition) is 9. The molecule has 3 rings (SSSR count). The number of amides is 2. The minimum absolute atomic E-state index is 0.0250. The van der Waals surface area contributed by atoms with Gasteiger partial charge in [0, 0.05) is 39.4 Å². The molecule has 0 unspecified atom stereocenters. The van der Waals surface area contributed by atoms with Crippen molar-refractivity contribution in [3.8, 4) is 11.3 Å². The molecule has 0 radical (unpaired) electrons. The molecule has 0 aliphatic carbocycles. The second-order valence-electron chi connectivity index (χ2n) is 13.5. The van der Waals surface area contributed by atoms with Crippen LogP contribution in [-0.2, 0) is 36.8 Å².